The van der Waals surface area contributed by atoms with E-state index in [0.29, 0.717) is 17.9 Å². The van der Waals surface area contributed by atoms with Gasteiger partial charge >= 0.3 is 0 Å². The Bertz CT molecular complexity index is 1220. The van der Waals surface area contributed by atoms with Crippen LogP contribution in [-0.2, 0) is 40.0 Å². The normalized spacial score (nSPS) is 17.3. The molecular weight excluding hydrogens is 436 g/mol. The maximum Gasteiger partial charge on any atom is 0.240 e. The number of carbonyl (C=O) groups is 1. The largest absolute Gasteiger partial charge is 0.350 e. The van der Waals surface area contributed by atoms with E-state index in [9.17, 15) is 13.2 Å². The van der Waals surface area contributed by atoms with Crippen molar-refractivity contribution in [1.29, 1.82) is 0 Å². The molecule has 176 valence electrons. The number of fused-ring (bicyclic) bond motifs is 1. The number of imidazole rings is 1. The van der Waals surface area contributed by atoms with E-state index in [-0.39, 0.29) is 18.2 Å². The van der Waals surface area contributed by atoms with Crippen LogP contribution < -0.4 is 5.32 Å². The Kier molecular flexibility index (Phi) is 7.14. The van der Waals surface area contributed by atoms with Crippen LogP contribution in [0.5, 0.6) is 0 Å². The molecule has 1 fully saturated rings. The quantitative estimate of drug-likeness (QED) is 0.549. The van der Waals surface area contributed by atoms with E-state index in [1.807, 2.05) is 24.3 Å². The number of amides is 1. The smallest absolute Gasteiger partial charge is 0.240 e. The van der Waals surface area contributed by atoms with Gasteiger partial charge in [0.15, 0.2) is 9.84 Å². The highest BCUT2D eigenvalue weighted by Crippen LogP contribution is 2.19. The molecule has 0 spiro atoms. The molecule has 1 saturated heterocycles. The molecule has 3 aromatic rings. The lowest BCUT2D eigenvalue weighted by atomic mass is 9.99. The Morgan fingerprint density at radius 3 is 2.58 bits per heavy atom. The lowest BCUT2D eigenvalue weighted by molar-refractivity contribution is -0.121. The average Bonchev–Trinajstić information content (AvgIpc) is 3.08. The van der Waals surface area contributed by atoms with Gasteiger partial charge in [0.25, 0.3) is 0 Å². The second-order valence-electron chi connectivity index (χ2n) is 9.25. The van der Waals surface area contributed by atoms with Crippen molar-refractivity contribution in [3.8, 4) is 0 Å². The summed E-state index contributed by atoms with van der Waals surface area (Å²) in [5.41, 5.74) is 3.76. The summed E-state index contributed by atoms with van der Waals surface area (Å²) in [5.74, 6) is 0.759. The molecule has 8 heteroatoms. The zero-order chi connectivity index (χ0) is 23.4. The SMILES string of the molecule is CC1CCCN(Cc2ccc(CNC(=O)Cn3c(CS(C)(=O)=O)nc4ccccc43)cc2)C1. The molecule has 0 saturated carbocycles. The van der Waals surface area contributed by atoms with E-state index in [2.05, 4.69) is 46.4 Å². The zero-order valence-electron chi connectivity index (χ0n) is 19.3. The van der Waals surface area contributed by atoms with Gasteiger partial charge in [0.1, 0.15) is 18.1 Å². The van der Waals surface area contributed by atoms with Crippen molar-refractivity contribution in [2.75, 3.05) is 19.3 Å². The van der Waals surface area contributed by atoms with Gasteiger partial charge in [-0.3, -0.25) is 9.69 Å². The number of para-hydroxylation sites is 2. The van der Waals surface area contributed by atoms with E-state index >= 15 is 0 Å². The summed E-state index contributed by atoms with van der Waals surface area (Å²) < 4.78 is 25.4. The van der Waals surface area contributed by atoms with Gasteiger partial charge in [0.2, 0.25) is 5.91 Å². The van der Waals surface area contributed by atoms with E-state index in [1.165, 1.54) is 24.7 Å². The molecule has 1 aromatic heterocycles. The summed E-state index contributed by atoms with van der Waals surface area (Å²) in [6.07, 6.45) is 3.76. The van der Waals surface area contributed by atoms with Crippen molar-refractivity contribution in [2.24, 2.45) is 5.92 Å². The van der Waals surface area contributed by atoms with Gasteiger partial charge in [0.05, 0.1) is 11.0 Å². The number of benzene rings is 2. The molecule has 2 heterocycles. The fourth-order valence-corrected chi connectivity index (χ4v) is 5.19. The number of sulfone groups is 1. The van der Waals surface area contributed by atoms with Gasteiger partial charge in [0, 0.05) is 25.9 Å². The van der Waals surface area contributed by atoms with Crippen LogP contribution in [0.4, 0.5) is 0 Å². The average molecular weight is 469 g/mol. The Hall–Kier alpha value is -2.71. The highest BCUT2D eigenvalue weighted by atomic mass is 32.2. The van der Waals surface area contributed by atoms with Crippen molar-refractivity contribution in [1.82, 2.24) is 19.8 Å². The minimum absolute atomic E-state index is 0.0244. The second kappa shape index (κ2) is 10.1. The molecule has 0 bridgehead atoms. The molecule has 1 aliphatic heterocycles. The van der Waals surface area contributed by atoms with Gasteiger partial charge < -0.3 is 9.88 Å². The Morgan fingerprint density at radius 1 is 1.12 bits per heavy atom. The maximum absolute atomic E-state index is 12.7. The van der Waals surface area contributed by atoms with Gasteiger partial charge in [-0.1, -0.05) is 43.3 Å². The summed E-state index contributed by atoms with van der Waals surface area (Å²) in [6.45, 7) is 6.04. The van der Waals surface area contributed by atoms with Crippen LogP contribution in [0.25, 0.3) is 11.0 Å². The summed E-state index contributed by atoms with van der Waals surface area (Å²) in [5, 5.41) is 2.95. The van der Waals surface area contributed by atoms with Crippen LogP contribution in [0.1, 0.15) is 36.7 Å². The third kappa shape index (κ3) is 6.42. The predicted octanol–water partition coefficient (Wildman–Crippen LogP) is 3.13. The molecule has 0 radical (unpaired) electrons. The zero-order valence-corrected chi connectivity index (χ0v) is 20.1. The fourth-order valence-electron chi connectivity index (χ4n) is 4.50. The molecule has 33 heavy (non-hydrogen) atoms. The van der Waals surface area contributed by atoms with E-state index in [4.69, 9.17) is 0 Å². The molecule has 1 unspecified atom stereocenters. The van der Waals surface area contributed by atoms with E-state index in [1.54, 1.807) is 4.57 Å². The monoisotopic (exact) mass is 468 g/mol. The Labute approximate surface area is 195 Å². The highest BCUT2D eigenvalue weighted by Gasteiger charge is 2.18. The molecule has 1 N–H and O–H groups in total. The predicted molar refractivity (Wildman–Crippen MR) is 130 cm³/mol. The van der Waals surface area contributed by atoms with Gasteiger partial charge in [-0.2, -0.15) is 0 Å². The molecule has 1 aliphatic rings. The highest BCUT2D eigenvalue weighted by molar-refractivity contribution is 7.89. The van der Waals surface area contributed by atoms with Gasteiger partial charge in [-0.15, -0.1) is 0 Å². The molecule has 7 nitrogen and oxygen atoms in total. The van der Waals surface area contributed by atoms with Crippen LogP contribution >= 0.6 is 0 Å². The molecular formula is C25H32N4O3S. The van der Waals surface area contributed by atoms with Crippen LogP contribution in [-0.4, -0.2) is 48.1 Å². The number of likely N-dealkylation sites (tertiary alicyclic amines) is 1. The molecule has 4 rings (SSSR count). The summed E-state index contributed by atoms with van der Waals surface area (Å²) >= 11 is 0. The lowest BCUT2D eigenvalue weighted by Gasteiger charge is -2.30. The minimum Gasteiger partial charge on any atom is -0.350 e. The van der Waals surface area contributed by atoms with Crippen molar-refractivity contribution in [3.05, 3.63) is 65.5 Å². The number of nitrogens with zero attached hydrogens (tertiary/aromatic N) is 3. The van der Waals surface area contributed by atoms with Crippen molar-refractivity contribution < 1.29 is 13.2 Å². The lowest BCUT2D eigenvalue weighted by Crippen LogP contribution is -2.33. The Morgan fingerprint density at radius 2 is 1.85 bits per heavy atom. The van der Waals surface area contributed by atoms with Crippen LogP contribution in [0, 0.1) is 5.92 Å². The van der Waals surface area contributed by atoms with Crippen LogP contribution in [0.3, 0.4) is 0 Å². The first-order valence-corrected chi connectivity index (χ1v) is 13.5. The van der Waals surface area contributed by atoms with Gasteiger partial charge in [-0.25, -0.2) is 13.4 Å². The number of carbonyl (C=O) groups excluding carboxylic acids is 1. The summed E-state index contributed by atoms with van der Waals surface area (Å²) in [7, 11) is -3.27. The Balaban J connectivity index is 1.37. The number of hydrogen-bond acceptors (Lipinski definition) is 5. The minimum atomic E-state index is -3.27. The van der Waals surface area contributed by atoms with Gasteiger partial charge in [-0.05, 0) is 48.6 Å². The van der Waals surface area contributed by atoms with Crippen LogP contribution in [0.2, 0.25) is 0 Å². The fraction of sp³-hybridized carbons (Fsp3) is 0.440. The second-order valence-corrected chi connectivity index (χ2v) is 11.4. The number of piperidine rings is 1. The van der Waals surface area contributed by atoms with Crippen molar-refractivity contribution in [3.63, 3.8) is 0 Å². The van der Waals surface area contributed by atoms with Crippen LogP contribution in [0.15, 0.2) is 48.5 Å². The van der Waals surface area contributed by atoms with E-state index in [0.717, 1.165) is 36.6 Å². The third-order valence-corrected chi connectivity index (χ3v) is 6.87. The molecule has 2 aromatic carbocycles. The summed E-state index contributed by atoms with van der Waals surface area (Å²) in [6, 6.07) is 15.8. The molecule has 0 aliphatic carbocycles. The maximum atomic E-state index is 12.7. The third-order valence-electron chi connectivity index (χ3n) is 6.09. The molecule has 1 atom stereocenters. The van der Waals surface area contributed by atoms with Crippen molar-refractivity contribution in [2.45, 2.75) is 45.2 Å². The first-order chi connectivity index (χ1) is 15.8. The number of nitrogens with one attached hydrogen (secondary N) is 1. The number of hydrogen-bond donors (Lipinski definition) is 1. The van der Waals surface area contributed by atoms with Crippen molar-refractivity contribution >= 4 is 26.8 Å². The molecule has 1 amide bonds. The number of rotatable bonds is 8. The standard InChI is InChI=1S/C25H32N4O3S/c1-19-6-5-13-28(15-19)16-21-11-9-20(10-12-21)14-26-25(30)17-29-23-8-4-3-7-22(23)27-24(29)18-33(2,31)32/h3-4,7-12,19H,5-6,13-18H2,1-2H3,(H,26,30). The number of aromatic nitrogens is 2. The van der Waals surface area contributed by atoms with E-state index < -0.39 is 9.84 Å². The summed E-state index contributed by atoms with van der Waals surface area (Å²) in [4.78, 5) is 19.6. The first-order valence-electron chi connectivity index (χ1n) is 11.5. The first kappa shape index (κ1) is 23.4. The topological polar surface area (TPSA) is 84.3 Å².